The number of hydrogen-bond acceptors (Lipinski definition) is 7. The smallest absolute Gasteiger partial charge is 0.432 e. The third kappa shape index (κ3) is 3.21. The fraction of sp³-hybridized carbons (Fsp3) is 0.308. The van der Waals surface area contributed by atoms with E-state index in [2.05, 4.69) is 4.98 Å². The zero-order valence-electron chi connectivity index (χ0n) is 20.7. The number of carbonyl (C=O) groups is 3. The van der Waals surface area contributed by atoms with Crippen LogP contribution in [-0.2, 0) is 11.6 Å². The number of likely N-dealkylation sites (tertiary alicyclic amines) is 1. The van der Waals surface area contributed by atoms with Gasteiger partial charge in [0.2, 0.25) is 11.5 Å². The van der Waals surface area contributed by atoms with Crippen LogP contribution in [0.25, 0.3) is 10.8 Å². The van der Waals surface area contributed by atoms with Gasteiger partial charge in [0.15, 0.2) is 11.5 Å². The number of ketones is 1. The number of nitrogens with one attached hydrogen (secondary N) is 1. The van der Waals surface area contributed by atoms with Crippen molar-refractivity contribution in [2.75, 3.05) is 27.9 Å². The number of allylic oxidation sites excluding steroid dienone is 2. The molecule has 3 heterocycles. The Labute approximate surface area is 218 Å². The average Bonchev–Trinajstić information content (AvgIpc) is 3.27. The number of hydrogen-bond donors (Lipinski definition) is 2. The van der Waals surface area contributed by atoms with Crippen LogP contribution < -0.4 is 14.2 Å². The molecule has 1 saturated heterocycles. The number of ether oxygens (including phenoxy) is 3. The molecule has 0 unspecified atom stereocenters. The summed E-state index contributed by atoms with van der Waals surface area (Å²) in [5, 5.41) is 10.8. The average molecular weight is 543 g/mol. The van der Waals surface area contributed by atoms with E-state index in [1.807, 2.05) is 4.98 Å². The number of methoxy groups -OCH3 is 3. The van der Waals surface area contributed by atoms with Gasteiger partial charge in [0.05, 0.1) is 32.6 Å². The molecule has 1 spiro atoms. The first-order valence-electron chi connectivity index (χ1n) is 11.7. The van der Waals surface area contributed by atoms with E-state index < -0.39 is 46.2 Å². The van der Waals surface area contributed by atoms with Crippen molar-refractivity contribution in [2.24, 2.45) is 5.92 Å². The van der Waals surface area contributed by atoms with E-state index in [1.54, 1.807) is 6.07 Å². The number of H-pyrrole nitrogens is 1. The number of carbonyl (C=O) groups excluding carboxylic acids is 2. The second kappa shape index (κ2) is 7.98. The molecule has 2 fully saturated rings. The quantitative estimate of drug-likeness (QED) is 0.497. The van der Waals surface area contributed by atoms with Crippen LogP contribution >= 0.6 is 0 Å². The predicted octanol–water partition coefficient (Wildman–Crippen LogP) is 3.80. The Hall–Kier alpha value is -4.55. The van der Waals surface area contributed by atoms with Crippen molar-refractivity contribution in [1.82, 2.24) is 14.9 Å². The lowest BCUT2D eigenvalue weighted by Crippen LogP contribution is -2.34. The number of nitrogens with zero attached hydrogens (tertiary/aromatic N) is 2. The molecule has 1 saturated carbocycles. The van der Waals surface area contributed by atoms with Crippen LogP contribution in [-0.4, -0.2) is 65.5 Å². The molecular weight excluding hydrogens is 523 g/mol. The van der Waals surface area contributed by atoms with Crippen LogP contribution in [0.15, 0.2) is 30.1 Å². The summed E-state index contributed by atoms with van der Waals surface area (Å²) in [5.41, 5.74) is -4.11. The fourth-order valence-electron chi connectivity index (χ4n) is 6.03. The maximum Gasteiger partial charge on any atom is 0.432 e. The van der Waals surface area contributed by atoms with Crippen LogP contribution in [0, 0.1) is 5.92 Å². The summed E-state index contributed by atoms with van der Waals surface area (Å²) in [4.78, 5) is 46.2. The first-order chi connectivity index (χ1) is 18.5. The minimum absolute atomic E-state index is 0.00729. The molecule has 2 aromatic heterocycles. The number of aromatic nitrogens is 2. The molecule has 1 aliphatic heterocycles. The van der Waals surface area contributed by atoms with Crippen LogP contribution in [0.2, 0.25) is 0 Å². The van der Waals surface area contributed by atoms with Gasteiger partial charge in [-0.2, -0.15) is 13.2 Å². The Balaban J connectivity index is 1.45. The minimum atomic E-state index is -5.02. The van der Waals surface area contributed by atoms with Gasteiger partial charge in [-0.25, -0.2) is 4.79 Å². The van der Waals surface area contributed by atoms with Crippen LogP contribution in [0.1, 0.15) is 49.0 Å². The summed E-state index contributed by atoms with van der Waals surface area (Å²) in [6.07, 6.45) is -2.14. The molecule has 3 aliphatic rings. The maximum absolute atomic E-state index is 13.7. The summed E-state index contributed by atoms with van der Waals surface area (Å²) < 4.78 is 57.4. The molecule has 0 radical (unpaired) electrons. The summed E-state index contributed by atoms with van der Waals surface area (Å²) in [6, 6.07) is 3.16. The number of aromatic amines is 1. The highest BCUT2D eigenvalue weighted by atomic mass is 19.4. The van der Waals surface area contributed by atoms with Crippen molar-refractivity contribution in [3.8, 4) is 17.2 Å². The molecule has 2 aliphatic carbocycles. The molecule has 3 aromatic rings. The number of aromatic carboxylic acids is 1. The van der Waals surface area contributed by atoms with Crippen molar-refractivity contribution in [3.63, 3.8) is 0 Å². The number of fused-ring (bicyclic) bond motifs is 2. The summed E-state index contributed by atoms with van der Waals surface area (Å²) in [6.45, 7) is 0.0891. The highest BCUT2D eigenvalue weighted by Gasteiger charge is 2.69. The van der Waals surface area contributed by atoms with Crippen LogP contribution in [0.5, 0.6) is 17.2 Å². The van der Waals surface area contributed by atoms with Crippen molar-refractivity contribution < 1.29 is 46.9 Å². The van der Waals surface area contributed by atoms with Crippen LogP contribution in [0.3, 0.4) is 0 Å². The third-order valence-electron chi connectivity index (χ3n) is 7.70. The number of piperidine rings is 1. The summed E-state index contributed by atoms with van der Waals surface area (Å²) >= 11 is 0. The normalized spacial score (nSPS) is 21.2. The van der Waals surface area contributed by atoms with E-state index in [4.69, 9.17) is 14.2 Å². The van der Waals surface area contributed by atoms with Gasteiger partial charge in [-0.05, 0) is 24.5 Å². The van der Waals surface area contributed by atoms with Crippen molar-refractivity contribution in [1.29, 1.82) is 0 Å². The molecule has 202 valence electrons. The van der Waals surface area contributed by atoms with E-state index in [9.17, 15) is 32.7 Å². The van der Waals surface area contributed by atoms with E-state index >= 15 is 0 Å². The number of carboxylic acids is 1. The SMILES string of the molecule is COc1cc2cnc(C(=O)N3C[C@H]4C[C@@]45C3=CC(=O)c3[nH]c(C(F)(F)F)c(C(=O)O)c35)cc2c(OC)c1OC. The number of benzene rings is 1. The van der Waals surface area contributed by atoms with E-state index in [0.29, 0.717) is 34.4 Å². The number of alkyl halides is 3. The highest BCUT2D eigenvalue weighted by molar-refractivity contribution is 6.11. The molecule has 1 aromatic carbocycles. The molecule has 0 bridgehead atoms. The van der Waals surface area contributed by atoms with Gasteiger partial charge in [0, 0.05) is 46.3 Å². The number of amides is 1. The van der Waals surface area contributed by atoms with Gasteiger partial charge in [-0.15, -0.1) is 0 Å². The Morgan fingerprint density at radius 1 is 1.15 bits per heavy atom. The first-order valence-corrected chi connectivity index (χ1v) is 11.7. The Kier molecular flexibility index (Phi) is 5.07. The first kappa shape index (κ1) is 24.8. The molecule has 2 N–H and O–H groups in total. The standard InChI is InChI=1S/C26H20F3N3O7/c1-37-15-4-10-8-30-13(5-12(10)20(38-2)21(15)39-3)23(34)32-9-11-7-25(11)16(32)6-14(33)19-18(25)17(24(35)36)22(31-19)26(27,28)29/h4-6,8,11,31H,7,9H2,1-3H3,(H,35,36)/t11-,25+/m1/s1. The van der Waals surface area contributed by atoms with Gasteiger partial charge in [0.1, 0.15) is 11.4 Å². The Morgan fingerprint density at radius 2 is 1.87 bits per heavy atom. The molecule has 6 rings (SSSR count). The van der Waals surface area contributed by atoms with E-state index in [1.165, 1.54) is 38.5 Å². The van der Waals surface area contributed by atoms with Crippen molar-refractivity contribution >= 4 is 28.4 Å². The lowest BCUT2D eigenvalue weighted by molar-refractivity contribution is -0.141. The number of pyridine rings is 1. The minimum Gasteiger partial charge on any atom is -0.493 e. The zero-order chi connectivity index (χ0) is 28.0. The number of rotatable bonds is 5. The predicted molar refractivity (Wildman–Crippen MR) is 127 cm³/mol. The van der Waals surface area contributed by atoms with Gasteiger partial charge >= 0.3 is 12.1 Å². The maximum atomic E-state index is 13.7. The topological polar surface area (TPSA) is 131 Å². The lowest BCUT2D eigenvalue weighted by Gasteiger charge is -2.28. The van der Waals surface area contributed by atoms with E-state index in [-0.39, 0.29) is 29.4 Å². The van der Waals surface area contributed by atoms with Gasteiger partial charge in [-0.1, -0.05) is 0 Å². The molecule has 39 heavy (non-hydrogen) atoms. The number of carboxylic acid groups (broad SMARTS) is 1. The molecule has 2 atom stereocenters. The summed E-state index contributed by atoms with van der Waals surface area (Å²) in [7, 11) is 4.33. The van der Waals surface area contributed by atoms with Gasteiger partial charge < -0.3 is 29.2 Å². The van der Waals surface area contributed by atoms with Crippen LogP contribution in [0.4, 0.5) is 13.2 Å². The molecular formula is C26H20F3N3O7. The second-order valence-corrected chi connectivity index (χ2v) is 9.55. The summed E-state index contributed by atoms with van der Waals surface area (Å²) in [5.74, 6) is -2.57. The Bertz CT molecular complexity index is 1660. The molecule has 13 heteroatoms. The molecule has 10 nitrogen and oxygen atoms in total. The lowest BCUT2D eigenvalue weighted by atomic mass is 9.82. The van der Waals surface area contributed by atoms with Gasteiger partial charge in [-0.3, -0.25) is 14.6 Å². The van der Waals surface area contributed by atoms with E-state index in [0.717, 1.165) is 6.08 Å². The zero-order valence-corrected chi connectivity index (χ0v) is 20.7. The second-order valence-electron chi connectivity index (χ2n) is 9.55. The molecule has 1 amide bonds. The monoisotopic (exact) mass is 543 g/mol. The largest absolute Gasteiger partial charge is 0.493 e. The number of halogens is 3. The van der Waals surface area contributed by atoms with Crippen molar-refractivity contribution in [2.45, 2.75) is 18.0 Å². The van der Waals surface area contributed by atoms with Crippen molar-refractivity contribution in [3.05, 3.63) is 58.3 Å². The Morgan fingerprint density at radius 3 is 2.49 bits per heavy atom. The van der Waals surface area contributed by atoms with Gasteiger partial charge in [0.25, 0.3) is 5.91 Å². The highest BCUT2D eigenvalue weighted by Crippen LogP contribution is 2.68. The fourth-order valence-corrected chi connectivity index (χ4v) is 6.03. The third-order valence-corrected chi connectivity index (χ3v) is 7.70.